The van der Waals surface area contributed by atoms with Gasteiger partial charge in [-0.05, 0) is 81.9 Å². The van der Waals surface area contributed by atoms with Crippen molar-refractivity contribution in [1.82, 2.24) is 15.4 Å². The van der Waals surface area contributed by atoms with Crippen molar-refractivity contribution in [3.63, 3.8) is 0 Å². The zero-order valence-electron chi connectivity index (χ0n) is 21.4. The number of hydrogen-bond donors (Lipinski definition) is 4. The molecule has 11 heteroatoms. The van der Waals surface area contributed by atoms with Crippen LogP contribution in [0.25, 0.3) is 0 Å². The van der Waals surface area contributed by atoms with E-state index in [0.717, 1.165) is 37.8 Å². The molecule has 0 bridgehead atoms. The highest BCUT2D eigenvalue weighted by Gasteiger charge is 2.32. The second-order valence-electron chi connectivity index (χ2n) is 9.77. The fraction of sp³-hybridized carbons (Fsp3) is 0.444. The van der Waals surface area contributed by atoms with E-state index in [1.54, 1.807) is 36.4 Å². The van der Waals surface area contributed by atoms with Gasteiger partial charge in [0.15, 0.2) is 0 Å². The van der Waals surface area contributed by atoms with Crippen LogP contribution in [0.2, 0.25) is 0 Å². The van der Waals surface area contributed by atoms with Gasteiger partial charge >= 0.3 is 11.9 Å². The Morgan fingerprint density at radius 2 is 1.58 bits per heavy atom. The molecule has 204 valence electrons. The fourth-order valence-corrected chi connectivity index (χ4v) is 5.72. The second-order valence-corrected chi connectivity index (χ2v) is 11.5. The van der Waals surface area contributed by atoms with Gasteiger partial charge < -0.3 is 20.7 Å². The standard InChI is InChI=1S/C27H34N4O6S/c1-18-7-13-21(14-8-18)38(35,36)31-24(27(34)37-26(33)23-6-4-16-29-23)17-19-9-11-20(12-10-19)30-25(32)22-5-2-3-15-28-22/h7-14,22-24,28-29,31H,2-6,15-17H2,1H3,(H,30,32)/t22?,23-,24-/m0/s1. The van der Waals surface area contributed by atoms with E-state index in [2.05, 4.69) is 20.7 Å². The lowest BCUT2D eigenvalue weighted by Crippen LogP contribution is -2.45. The van der Waals surface area contributed by atoms with Crippen molar-refractivity contribution in [3.05, 3.63) is 59.7 Å². The van der Waals surface area contributed by atoms with Crippen LogP contribution in [0.4, 0.5) is 5.69 Å². The molecule has 2 aliphatic heterocycles. The summed E-state index contributed by atoms with van der Waals surface area (Å²) in [7, 11) is -4.07. The van der Waals surface area contributed by atoms with Gasteiger partial charge in [-0.15, -0.1) is 0 Å². The van der Waals surface area contributed by atoms with Crippen LogP contribution in [0.5, 0.6) is 0 Å². The summed E-state index contributed by atoms with van der Waals surface area (Å²) in [5.74, 6) is -1.80. The van der Waals surface area contributed by atoms with Crippen LogP contribution in [0.1, 0.15) is 43.2 Å². The van der Waals surface area contributed by atoms with Crippen molar-refractivity contribution < 1.29 is 27.5 Å². The Labute approximate surface area is 223 Å². The number of esters is 2. The topological polar surface area (TPSA) is 143 Å². The molecule has 0 aliphatic carbocycles. The monoisotopic (exact) mass is 542 g/mol. The summed E-state index contributed by atoms with van der Waals surface area (Å²) in [4.78, 5) is 37.9. The summed E-state index contributed by atoms with van der Waals surface area (Å²) < 4.78 is 33.6. The Bertz CT molecular complexity index is 1240. The molecule has 4 rings (SSSR count). The number of nitrogens with one attached hydrogen (secondary N) is 4. The van der Waals surface area contributed by atoms with Gasteiger partial charge in [0.25, 0.3) is 0 Å². The molecule has 4 N–H and O–H groups in total. The third-order valence-electron chi connectivity index (χ3n) is 6.75. The highest BCUT2D eigenvalue weighted by molar-refractivity contribution is 7.89. The SMILES string of the molecule is Cc1ccc(S(=O)(=O)N[C@@H](Cc2ccc(NC(=O)C3CCCCN3)cc2)C(=O)OC(=O)[C@@H]2CCCN2)cc1. The molecule has 38 heavy (non-hydrogen) atoms. The molecule has 0 aromatic heterocycles. The van der Waals surface area contributed by atoms with Crippen LogP contribution in [0.3, 0.4) is 0 Å². The molecule has 1 unspecified atom stereocenters. The zero-order chi connectivity index (χ0) is 27.1. The van der Waals surface area contributed by atoms with E-state index in [0.29, 0.717) is 24.2 Å². The van der Waals surface area contributed by atoms with E-state index >= 15 is 0 Å². The molecule has 0 saturated carbocycles. The van der Waals surface area contributed by atoms with Crippen molar-refractivity contribution in [2.24, 2.45) is 0 Å². The Morgan fingerprint density at radius 1 is 0.921 bits per heavy atom. The quantitative estimate of drug-likeness (QED) is 0.278. The smallest absolute Gasteiger partial charge is 0.332 e. The maximum atomic E-state index is 13.0. The van der Waals surface area contributed by atoms with Gasteiger partial charge in [0.1, 0.15) is 12.1 Å². The number of sulfonamides is 1. The van der Waals surface area contributed by atoms with E-state index < -0.39 is 34.0 Å². The maximum Gasteiger partial charge on any atom is 0.332 e. The van der Waals surface area contributed by atoms with E-state index in [9.17, 15) is 22.8 Å². The first kappa shape index (κ1) is 27.9. The van der Waals surface area contributed by atoms with Crippen molar-refractivity contribution in [1.29, 1.82) is 0 Å². The number of benzene rings is 2. The molecule has 3 atom stereocenters. The number of piperidine rings is 1. The minimum Gasteiger partial charge on any atom is -0.391 e. The van der Waals surface area contributed by atoms with E-state index in [4.69, 9.17) is 4.74 Å². The van der Waals surface area contributed by atoms with Crippen LogP contribution in [-0.2, 0) is 35.6 Å². The molecule has 0 spiro atoms. The maximum absolute atomic E-state index is 13.0. The largest absolute Gasteiger partial charge is 0.391 e. The summed E-state index contributed by atoms with van der Waals surface area (Å²) in [5.41, 5.74) is 2.10. The highest BCUT2D eigenvalue weighted by Crippen LogP contribution is 2.17. The first-order chi connectivity index (χ1) is 18.2. The number of ether oxygens (including phenoxy) is 1. The molecule has 10 nitrogen and oxygen atoms in total. The van der Waals surface area contributed by atoms with Crippen molar-refractivity contribution in [3.8, 4) is 0 Å². The van der Waals surface area contributed by atoms with Crippen molar-refractivity contribution in [2.45, 2.75) is 68.5 Å². The van der Waals surface area contributed by atoms with Crippen LogP contribution in [0.15, 0.2) is 53.4 Å². The molecule has 2 aromatic carbocycles. The normalized spacial score (nSPS) is 20.4. The summed E-state index contributed by atoms with van der Waals surface area (Å²) in [6, 6.07) is 10.9. The molecule has 2 fully saturated rings. The van der Waals surface area contributed by atoms with Crippen LogP contribution < -0.4 is 20.7 Å². The van der Waals surface area contributed by atoms with Gasteiger partial charge in [-0.25, -0.2) is 18.0 Å². The van der Waals surface area contributed by atoms with Crippen molar-refractivity contribution >= 4 is 33.6 Å². The Balaban J connectivity index is 1.47. The minimum absolute atomic E-state index is 0.000862. The van der Waals surface area contributed by atoms with Crippen LogP contribution in [0, 0.1) is 6.92 Å². The predicted octanol–water partition coefficient (Wildman–Crippen LogP) is 1.79. The Morgan fingerprint density at radius 3 is 2.21 bits per heavy atom. The van der Waals surface area contributed by atoms with E-state index in [-0.39, 0.29) is 23.3 Å². The van der Waals surface area contributed by atoms with E-state index in [1.165, 1.54) is 12.1 Å². The fourth-order valence-electron chi connectivity index (χ4n) is 4.54. The molecule has 2 saturated heterocycles. The number of carbonyl (C=O) groups excluding carboxylic acids is 3. The summed E-state index contributed by atoms with van der Waals surface area (Å²) in [6.07, 6.45) is 4.13. The third kappa shape index (κ3) is 7.47. The minimum atomic E-state index is -4.07. The summed E-state index contributed by atoms with van der Waals surface area (Å²) in [5, 5.41) is 9.05. The molecular weight excluding hydrogens is 508 g/mol. The van der Waals surface area contributed by atoms with Gasteiger partial charge in [0.2, 0.25) is 15.9 Å². The molecule has 2 heterocycles. The number of amides is 1. The van der Waals surface area contributed by atoms with Crippen molar-refractivity contribution in [2.75, 3.05) is 18.4 Å². The number of hydrogen-bond acceptors (Lipinski definition) is 8. The Kier molecular flexibility index (Phi) is 9.26. The zero-order valence-corrected chi connectivity index (χ0v) is 22.2. The van der Waals surface area contributed by atoms with Gasteiger partial charge in [-0.1, -0.05) is 36.2 Å². The lowest BCUT2D eigenvalue weighted by atomic mass is 10.0. The number of anilines is 1. The number of carbonyl (C=O) groups is 3. The first-order valence-corrected chi connectivity index (χ1v) is 14.4. The molecule has 1 amide bonds. The first-order valence-electron chi connectivity index (χ1n) is 12.9. The van der Waals surface area contributed by atoms with Gasteiger partial charge in [-0.3, -0.25) is 4.79 Å². The number of rotatable bonds is 9. The third-order valence-corrected chi connectivity index (χ3v) is 8.23. The molecule has 0 radical (unpaired) electrons. The van der Waals surface area contributed by atoms with Gasteiger partial charge in [0, 0.05) is 5.69 Å². The van der Waals surface area contributed by atoms with Gasteiger partial charge in [0.05, 0.1) is 10.9 Å². The Hall–Kier alpha value is -3.12. The second kappa shape index (κ2) is 12.6. The average Bonchev–Trinajstić information content (AvgIpc) is 3.45. The molecular formula is C27H34N4O6S. The highest BCUT2D eigenvalue weighted by atomic mass is 32.2. The van der Waals surface area contributed by atoms with E-state index in [1.807, 2.05) is 6.92 Å². The van der Waals surface area contributed by atoms with Crippen LogP contribution >= 0.6 is 0 Å². The van der Waals surface area contributed by atoms with Crippen LogP contribution in [-0.4, -0.2) is 57.5 Å². The van der Waals surface area contributed by atoms with Gasteiger partial charge in [-0.2, -0.15) is 4.72 Å². The molecule has 2 aromatic rings. The summed E-state index contributed by atoms with van der Waals surface area (Å²) >= 11 is 0. The predicted molar refractivity (Wildman–Crippen MR) is 142 cm³/mol. The molecule has 2 aliphatic rings. The lowest BCUT2D eigenvalue weighted by Gasteiger charge is -2.22. The average molecular weight is 543 g/mol. The summed E-state index contributed by atoms with van der Waals surface area (Å²) in [6.45, 7) is 3.30. The lowest BCUT2D eigenvalue weighted by molar-refractivity contribution is -0.162. The number of aryl methyl sites for hydroxylation is 1.